The molecule has 0 N–H and O–H groups in total. The fourth-order valence-corrected chi connectivity index (χ4v) is 2.30. The van der Waals surface area contributed by atoms with Crippen LogP contribution in [0.4, 0.5) is 0 Å². The van der Waals surface area contributed by atoms with Crippen molar-refractivity contribution in [2.45, 2.75) is 24.7 Å². The Morgan fingerprint density at radius 1 is 1.44 bits per heavy atom. The first-order valence-corrected chi connectivity index (χ1v) is 5.96. The molecule has 2 aromatic heterocycles. The molecule has 16 heavy (non-hydrogen) atoms. The maximum Gasteiger partial charge on any atom is 0.171 e. The third kappa shape index (κ3) is 1.26. The molecule has 3 rings (SSSR count). The first-order chi connectivity index (χ1) is 7.73. The zero-order valence-corrected chi connectivity index (χ0v) is 10.1. The van der Waals surface area contributed by atoms with E-state index in [0.29, 0.717) is 5.82 Å². The van der Waals surface area contributed by atoms with Crippen LogP contribution in [0.15, 0.2) is 22.8 Å². The Morgan fingerprint density at radius 3 is 2.88 bits per heavy atom. The van der Waals surface area contributed by atoms with Crippen molar-refractivity contribution in [2.75, 3.05) is 0 Å². The molecular formula is C11H9BrN4. The summed E-state index contributed by atoms with van der Waals surface area (Å²) in [6.07, 6.45) is 4.70. The van der Waals surface area contributed by atoms with Gasteiger partial charge in [-0.15, -0.1) is 5.10 Å². The standard InChI is InChI=1S/C11H9BrN4/c12-8-2-3-9-14-10(15-16(9)6-8)11(7-13)4-1-5-11/h2-3,6H,1,4-5H2. The lowest BCUT2D eigenvalue weighted by molar-refractivity contribution is 0.307. The quantitative estimate of drug-likeness (QED) is 0.804. The van der Waals surface area contributed by atoms with Crippen LogP contribution in [0.2, 0.25) is 0 Å². The van der Waals surface area contributed by atoms with E-state index in [0.717, 1.165) is 29.4 Å². The number of fused-ring (bicyclic) bond motifs is 1. The second kappa shape index (κ2) is 3.29. The summed E-state index contributed by atoms with van der Waals surface area (Å²) >= 11 is 3.39. The van der Waals surface area contributed by atoms with Crippen molar-refractivity contribution in [1.82, 2.24) is 14.6 Å². The molecule has 0 unspecified atom stereocenters. The Kier molecular flexibility index (Phi) is 2.01. The van der Waals surface area contributed by atoms with Gasteiger partial charge in [-0.25, -0.2) is 9.50 Å². The lowest BCUT2D eigenvalue weighted by Crippen LogP contribution is -2.33. The van der Waals surface area contributed by atoms with Gasteiger partial charge < -0.3 is 0 Å². The number of rotatable bonds is 1. The van der Waals surface area contributed by atoms with Gasteiger partial charge in [0.2, 0.25) is 0 Å². The van der Waals surface area contributed by atoms with E-state index < -0.39 is 5.41 Å². The summed E-state index contributed by atoms with van der Waals surface area (Å²) < 4.78 is 2.67. The van der Waals surface area contributed by atoms with Crippen molar-refractivity contribution < 1.29 is 0 Å². The summed E-state index contributed by atoms with van der Waals surface area (Å²) in [5.41, 5.74) is 0.359. The highest BCUT2D eigenvalue weighted by Gasteiger charge is 2.42. The molecule has 0 bridgehead atoms. The Bertz CT molecular complexity index is 592. The maximum atomic E-state index is 9.22. The van der Waals surface area contributed by atoms with Gasteiger partial charge in [0.25, 0.3) is 0 Å². The smallest absolute Gasteiger partial charge is 0.171 e. The first kappa shape index (κ1) is 9.79. The van der Waals surface area contributed by atoms with Crippen LogP contribution in [0.25, 0.3) is 5.65 Å². The normalized spacial score (nSPS) is 18.0. The molecule has 1 fully saturated rings. The summed E-state index contributed by atoms with van der Waals surface area (Å²) in [7, 11) is 0. The lowest BCUT2D eigenvalue weighted by atomic mass is 9.69. The first-order valence-electron chi connectivity index (χ1n) is 5.17. The molecule has 2 heterocycles. The number of nitriles is 1. The van der Waals surface area contributed by atoms with Gasteiger partial charge in [-0.3, -0.25) is 0 Å². The Morgan fingerprint density at radius 2 is 2.25 bits per heavy atom. The summed E-state index contributed by atoms with van der Waals surface area (Å²) in [5.74, 6) is 0.666. The van der Waals surface area contributed by atoms with E-state index in [9.17, 15) is 5.26 Å². The van der Waals surface area contributed by atoms with Gasteiger partial charge in [0.15, 0.2) is 11.5 Å². The van der Waals surface area contributed by atoms with E-state index in [4.69, 9.17) is 0 Å². The van der Waals surface area contributed by atoms with Crippen LogP contribution in [-0.2, 0) is 5.41 Å². The predicted octanol–water partition coefficient (Wildman–Crippen LogP) is 2.44. The van der Waals surface area contributed by atoms with Crippen LogP contribution in [0.1, 0.15) is 25.1 Å². The molecule has 0 aromatic carbocycles. The molecule has 5 heteroatoms. The molecule has 1 aliphatic rings. The van der Waals surface area contributed by atoms with E-state index in [-0.39, 0.29) is 0 Å². The van der Waals surface area contributed by atoms with E-state index in [1.807, 2.05) is 18.3 Å². The van der Waals surface area contributed by atoms with Crippen molar-refractivity contribution in [2.24, 2.45) is 0 Å². The zero-order valence-electron chi connectivity index (χ0n) is 8.52. The molecule has 0 spiro atoms. The molecule has 0 radical (unpaired) electrons. The Balaban J connectivity index is 2.16. The van der Waals surface area contributed by atoms with Crippen LogP contribution >= 0.6 is 15.9 Å². The van der Waals surface area contributed by atoms with Gasteiger partial charge in [0.1, 0.15) is 5.41 Å². The molecule has 4 nitrogen and oxygen atoms in total. The van der Waals surface area contributed by atoms with E-state index in [2.05, 4.69) is 32.1 Å². The van der Waals surface area contributed by atoms with E-state index in [1.54, 1.807) is 4.52 Å². The van der Waals surface area contributed by atoms with Crippen LogP contribution in [-0.4, -0.2) is 14.6 Å². The third-order valence-electron chi connectivity index (χ3n) is 3.14. The number of aromatic nitrogens is 3. The minimum Gasteiger partial charge on any atom is -0.220 e. The maximum absolute atomic E-state index is 9.22. The second-order valence-electron chi connectivity index (χ2n) is 4.13. The molecular weight excluding hydrogens is 268 g/mol. The molecule has 1 aliphatic carbocycles. The largest absolute Gasteiger partial charge is 0.220 e. The van der Waals surface area contributed by atoms with Gasteiger partial charge in [-0.05, 0) is 47.3 Å². The molecule has 80 valence electrons. The van der Waals surface area contributed by atoms with E-state index in [1.165, 1.54) is 0 Å². The highest BCUT2D eigenvalue weighted by molar-refractivity contribution is 9.10. The average Bonchev–Trinajstić information content (AvgIpc) is 2.60. The van der Waals surface area contributed by atoms with Gasteiger partial charge in [-0.1, -0.05) is 0 Å². The van der Waals surface area contributed by atoms with Crippen molar-refractivity contribution in [1.29, 1.82) is 5.26 Å². The van der Waals surface area contributed by atoms with Gasteiger partial charge in [0.05, 0.1) is 6.07 Å². The van der Waals surface area contributed by atoms with Gasteiger partial charge >= 0.3 is 0 Å². The number of halogens is 1. The Hall–Kier alpha value is -1.41. The second-order valence-corrected chi connectivity index (χ2v) is 5.05. The zero-order chi connectivity index (χ0) is 11.2. The van der Waals surface area contributed by atoms with Gasteiger partial charge in [-0.2, -0.15) is 5.26 Å². The SMILES string of the molecule is N#CC1(c2nc3ccc(Br)cn3n2)CCC1. The van der Waals surface area contributed by atoms with Crippen LogP contribution in [0.5, 0.6) is 0 Å². The molecule has 2 aromatic rings. The molecule has 1 saturated carbocycles. The molecule has 0 amide bonds. The molecule has 0 aliphatic heterocycles. The van der Waals surface area contributed by atoms with Gasteiger partial charge in [0, 0.05) is 10.7 Å². The van der Waals surface area contributed by atoms with Crippen molar-refractivity contribution in [3.8, 4) is 6.07 Å². The number of hydrogen-bond acceptors (Lipinski definition) is 3. The number of hydrogen-bond donors (Lipinski definition) is 0. The monoisotopic (exact) mass is 276 g/mol. The van der Waals surface area contributed by atoms with Crippen LogP contribution in [0, 0.1) is 11.3 Å². The average molecular weight is 277 g/mol. The highest BCUT2D eigenvalue weighted by Crippen LogP contribution is 2.41. The minimum atomic E-state index is -0.432. The number of pyridine rings is 1. The summed E-state index contributed by atoms with van der Waals surface area (Å²) in [4.78, 5) is 4.43. The Labute approximate surface area is 101 Å². The summed E-state index contributed by atoms with van der Waals surface area (Å²) in [5, 5.41) is 13.6. The minimum absolute atomic E-state index is 0.432. The number of nitrogens with zero attached hydrogens (tertiary/aromatic N) is 4. The molecule has 0 atom stereocenters. The molecule has 0 saturated heterocycles. The van der Waals surface area contributed by atoms with Crippen molar-refractivity contribution in [3.63, 3.8) is 0 Å². The summed E-state index contributed by atoms with van der Waals surface area (Å²) in [6.45, 7) is 0. The highest BCUT2D eigenvalue weighted by atomic mass is 79.9. The summed E-state index contributed by atoms with van der Waals surface area (Å²) in [6, 6.07) is 6.17. The van der Waals surface area contributed by atoms with Crippen molar-refractivity contribution in [3.05, 3.63) is 28.6 Å². The fourth-order valence-electron chi connectivity index (χ4n) is 1.98. The van der Waals surface area contributed by atoms with Crippen LogP contribution in [0.3, 0.4) is 0 Å². The van der Waals surface area contributed by atoms with E-state index >= 15 is 0 Å². The fraction of sp³-hybridized carbons (Fsp3) is 0.364. The predicted molar refractivity (Wildman–Crippen MR) is 61.8 cm³/mol. The topological polar surface area (TPSA) is 54.0 Å². The third-order valence-corrected chi connectivity index (χ3v) is 3.61. The van der Waals surface area contributed by atoms with Crippen molar-refractivity contribution >= 4 is 21.6 Å². The lowest BCUT2D eigenvalue weighted by Gasteiger charge is -2.31. The van der Waals surface area contributed by atoms with Crippen LogP contribution < -0.4 is 0 Å².